The van der Waals surface area contributed by atoms with Gasteiger partial charge < -0.3 is 19.5 Å². The molecule has 0 aromatic carbocycles. The molecule has 3 unspecified atom stereocenters. The first-order valence-electron chi connectivity index (χ1n) is 8.33. The van der Waals surface area contributed by atoms with Gasteiger partial charge in [0.2, 0.25) is 0 Å². The molecule has 1 aromatic rings. The van der Waals surface area contributed by atoms with Crippen LogP contribution in [0.1, 0.15) is 49.7 Å². The lowest BCUT2D eigenvalue weighted by atomic mass is 9.78. The lowest BCUT2D eigenvalue weighted by Crippen LogP contribution is -2.58. The minimum Gasteiger partial charge on any atom is -0.488 e. The van der Waals surface area contributed by atoms with Gasteiger partial charge in [0.1, 0.15) is 17.5 Å². The summed E-state index contributed by atoms with van der Waals surface area (Å²) in [6.07, 6.45) is 2.15. The third-order valence-electron chi connectivity index (χ3n) is 4.54. The molecule has 3 fully saturated rings. The number of aromatic carboxylic acids is 1. The molecule has 2 saturated heterocycles. The average molecular weight is 388 g/mol. The van der Waals surface area contributed by atoms with Crippen LogP contribution in [-0.4, -0.2) is 46.4 Å². The largest absolute Gasteiger partial charge is 0.488 e. The number of rotatable bonds is 3. The van der Waals surface area contributed by atoms with Gasteiger partial charge in [0.15, 0.2) is 4.88 Å². The zero-order chi connectivity index (χ0) is 18.4. The molecule has 0 spiro atoms. The fraction of sp³-hybridized carbons (Fsp3) is 0.647. The molecule has 2 aliphatic heterocycles. The Hall–Kier alpha value is -1.47. The van der Waals surface area contributed by atoms with Crippen LogP contribution in [0.2, 0.25) is 4.34 Å². The average Bonchev–Trinajstić information content (AvgIpc) is 2.87. The number of fused-ring (bicyclic) bond motifs is 3. The van der Waals surface area contributed by atoms with E-state index in [1.807, 2.05) is 20.8 Å². The lowest BCUT2D eigenvalue weighted by molar-refractivity contribution is -0.0503. The topological polar surface area (TPSA) is 76.1 Å². The Morgan fingerprint density at radius 2 is 2.08 bits per heavy atom. The number of halogens is 1. The predicted molar refractivity (Wildman–Crippen MR) is 94.8 cm³/mol. The van der Waals surface area contributed by atoms with Gasteiger partial charge in [0.05, 0.1) is 4.34 Å². The molecule has 3 heterocycles. The smallest absolute Gasteiger partial charge is 0.410 e. The molecule has 1 saturated carbocycles. The zero-order valence-electron chi connectivity index (χ0n) is 14.5. The van der Waals surface area contributed by atoms with E-state index in [0.29, 0.717) is 23.1 Å². The quantitative estimate of drug-likeness (QED) is 0.838. The summed E-state index contributed by atoms with van der Waals surface area (Å²) in [4.78, 5) is 25.6. The number of hydrogen-bond acceptors (Lipinski definition) is 5. The van der Waals surface area contributed by atoms with E-state index in [2.05, 4.69) is 0 Å². The van der Waals surface area contributed by atoms with E-state index in [4.69, 9.17) is 21.1 Å². The molecule has 1 amide bonds. The highest BCUT2D eigenvalue weighted by Gasteiger charge is 2.45. The van der Waals surface area contributed by atoms with Crippen molar-refractivity contribution in [1.82, 2.24) is 4.90 Å². The Balaban J connectivity index is 1.69. The van der Waals surface area contributed by atoms with E-state index in [9.17, 15) is 14.7 Å². The monoisotopic (exact) mass is 387 g/mol. The Morgan fingerprint density at radius 3 is 2.64 bits per heavy atom. The van der Waals surface area contributed by atoms with Gasteiger partial charge in [0.25, 0.3) is 0 Å². The minimum absolute atomic E-state index is 0.0623. The number of ether oxygens (including phenoxy) is 2. The molecule has 1 aromatic heterocycles. The molecule has 2 bridgehead atoms. The van der Waals surface area contributed by atoms with E-state index >= 15 is 0 Å². The van der Waals surface area contributed by atoms with Crippen LogP contribution < -0.4 is 4.74 Å². The maximum absolute atomic E-state index is 12.4. The van der Waals surface area contributed by atoms with Crippen LogP contribution in [0.25, 0.3) is 0 Å². The second-order valence-electron chi connectivity index (χ2n) is 7.57. The van der Waals surface area contributed by atoms with Gasteiger partial charge in [-0.25, -0.2) is 9.59 Å². The van der Waals surface area contributed by atoms with Crippen LogP contribution in [0.15, 0.2) is 6.07 Å². The van der Waals surface area contributed by atoms with Crippen LogP contribution >= 0.6 is 22.9 Å². The van der Waals surface area contributed by atoms with Crippen LogP contribution in [-0.2, 0) is 4.74 Å². The summed E-state index contributed by atoms with van der Waals surface area (Å²) >= 11 is 6.94. The number of carbonyl (C=O) groups excluding carboxylic acids is 1. The first kappa shape index (κ1) is 18.3. The molecule has 0 radical (unpaired) electrons. The standard InChI is InChI=1S/C17H22ClNO5S/c1-17(2,3)24-16(22)19-8-9-4-5-10(19)6-11(9)23-12-7-13(18)25-14(12)15(20)21/h7,9-11H,4-6,8H2,1-3H3,(H,20,21). The summed E-state index contributed by atoms with van der Waals surface area (Å²) < 4.78 is 11.9. The van der Waals surface area contributed by atoms with Crippen molar-refractivity contribution in [2.75, 3.05) is 6.54 Å². The Kier molecular flexibility index (Phi) is 4.90. The molecule has 8 heteroatoms. The number of hydrogen-bond donors (Lipinski definition) is 1. The van der Waals surface area contributed by atoms with Gasteiger partial charge in [-0.15, -0.1) is 11.3 Å². The number of carboxylic acid groups (broad SMARTS) is 1. The third-order valence-corrected chi connectivity index (χ3v) is 5.77. The summed E-state index contributed by atoms with van der Waals surface area (Å²) in [6, 6.07) is 1.62. The van der Waals surface area contributed by atoms with Crippen molar-refractivity contribution in [3.05, 3.63) is 15.3 Å². The first-order chi connectivity index (χ1) is 11.6. The summed E-state index contributed by atoms with van der Waals surface area (Å²) in [5, 5.41) is 9.27. The summed E-state index contributed by atoms with van der Waals surface area (Å²) in [5.74, 6) is -0.551. The number of piperidine rings is 2. The van der Waals surface area contributed by atoms with E-state index in [1.54, 1.807) is 11.0 Å². The van der Waals surface area contributed by atoms with Crippen LogP contribution in [0.4, 0.5) is 4.79 Å². The van der Waals surface area contributed by atoms with Gasteiger partial charge in [-0.05, 0) is 33.6 Å². The SMILES string of the molecule is CC(C)(C)OC(=O)N1CC2CCC1CC2Oc1cc(Cl)sc1C(=O)O. The maximum Gasteiger partial charge on any atom is 0.410 e. The van der Waals surface area contributed by atoms with Crippen molar-refractivity contribution in [2.45, 2.75) is 57.8 Å². The molecular weight excluding hydrogens is 366 g/mol. The number of carbonyl (C=O) groups is 2. The molecule has 1 aliphatic carbocycles. The number of nitrogens with zero attached hydrogens (tertiary/aromatic N) is 1. The second-order valence-corrected chi connectivity index (χ2v) is 9.25. The number of amides is 1. The first-order valence-corrected chi connectivity index (χ1v) is 9.52. The van der Waals surface area contributed by atoms with E-state index in [-0.39, 0.29) is 29.0 Å². The third kappa shape index (κ3) is 4.03. The van der Waals surface area contributed by atoms with Crippen LogP contribution in [0, 0.1) is 5.92 Å². The van der Waals surface area contributed by atoms with E-state index < -0.39 is 11.6 Å². The van der Waals surface area contributed by atoms with Gasteiger partial charge in [-0.3, -0.25) is 0 Å². The van der Waals surface area contributed by atoms with E-state index in [0.717, 1.165) is 24.2 Å². The molecule has 6 nitrogen and oxygen atoms in total. The Morgan fingerprint density at radius 1 is 1.36 bits per heavy atom. The second kappa shape index (κ2) is 6.68. The van der Waals surface area contributed by atoms with Gasteiger partial charge in [-0.1, -0.05) is 11.6 Å². The van der Waals surface area contributed by atoms with Crippen molar-refractivity contribution >= 4 is 35.0 Å². The number of carboxylic acids is 1. The Labute approximate surface area is 155 Å². The highest BCUT2D eigenvalue weighted by molar-refractivity contribution is 7.18. The summed E-state index contributed by atoms with van der Waals surface area (Å²) in [6.45, 7) is 6.14. The Bertz CT molecular complexity index is 683. The highest BCUT2D eigenvalue weighted by atomic mass is 35.5. The molecular formula is C17H22ClNO5S. The fourth-order valence-electron chi connectivity index (χ4n) is 3.50. The molecule has 138 valence electrons. The molecule has 25 heavy (non-hydrogen) atoms. The predicted octanol–water partition coefficient (Wildman–Crippen LogP) is 4.27. The highest BCUT2D eigenvalue weighted by Crippen LogP contribution is 2.40. The molecule has 3 atom stereocenters. The van der Waals surface area contributed by atoms with E-state index in [1.165, 1.54) is 0 Å². The van der Waals surface area contributed by atoms with Gasteiger partial charge in [0, 0.05) is 31.0 Å². The van der Waals surface area contributed by atoms with Gasteiger partial charge in [-0.2, -0.15) is 0 Å². The number of thiophene rings is 1. The lowest BCUT2D eigenvalue weighted by Gasteiger charge is -2.48. The van der Waals surface area contributed by atoms with Crippen molar-refractivity contribution in [3.8, 4) is 5.75 Å². The van der Waals surface area contributed by atoms with Gasteiger partial charge >= 0.3 is 12.1 Å². The van der Waals surface area contributed by atoms with Crippen LogP contribution in [0.3, 0.4) is 0 Å². The normalized spacial score (nSPS) is 25.8. The van der Waals surface area contributed by atoms with Crippen LogP contribution in [0.5, 0.6) is 5.75 Å². The van der Waals surface area contributed by atoms with Crippen molar-refractivity contribution in [3.63, 3.8) is 0 Å². The maximum atomic E-state index is 12.4. The molecule has 1 N–H and O–H groups in total. The summed E-state index contributed by atoms with van der Waals surface area (Å²) in [5.41, 5.74) is -0.520. The molecule has 4 rings (SSSR count). The van der Waals surface area contributed by atoms with Crippen molar-refractivity contribution in [1.29, 1.82) is 0 Å². The zero-order valence-corrected chi connectivity index (χ0v) is 16.0. The minimum atomic E-state index is -1.04. The van der Waals surface area contributed by atoms with Crippen molar-refractivity contribution in [2.24, 2.45) is 5.92 Å². The summed E-state index contributed by atoms with van der Waals surface area (Å²) in [7, 11) is 0. The fourth-order valence-corrected chi connectivity index (χ4v) is 4.48. The molecule has 3 aliphatic rings. The van der Waals surface area contributed by atoms with Crippen molar-refractivity contribution < 1.29 is 24.2 Å².